The van der Waals surface area contributed by atoms with Crippen molar-refractivity contribution in [2.75, 3.05) is 0 Å². The molecule has 0 aromatic heterocycles. The molecule has 19 heavy (non-hydrogen) atoms. The van der Waals surface area contributed by atoms with Gasteiger partial charge in [0.05, 0.1) is 0 Å². The van der Waals surface area contributed by atoms with E-state index in [1.165, 1.54) is 0 Å². The Labute approximate surface area is 111 Å². The van der Waals surface area contributed by atoms with Gasteiger partial charge in [0.15, 0.2) is 5.78 Å². The second kappa shape index (κ2) is 4.50. The Bertz CT molecular complexity index is 655. The highest BCUT2D eigenvalue weighted by molar-refractivity contribution is 6.15. The summed E-state index contributed by atoms with van der Waals surface area (Å²) >= 11 is 0. The zero-order chi connectivity index (χ0) is 13.4. The molecule has 96 valence electrons. The third-order valence-corrected chi connectivity index (χ3v) is 3.54. The van der Waals surface area contributed by atoms with E-state index in [-0.39, 0.29) is 11.9 Å². The summed E-state index contributed by atoms with van der Waals surface area (Å²) in [4.78, 5) is 24.2. The maximum Gasteiger partial charge on any atom is 0.317 e. The Balaban J connectivity index is 2.05. The van der Waals surface area contributed by atoms with Gasteiger partial charge in [0.25, 0.3) is 0 Å². The van der Waals surface area contributed by atoms with Gasteiger partial charge in [0, 0.05) is 12.0 Å². The van der Waals surface area contributed by atoms with Crippen molar-refractivity contribution in [3.05, 3.63) is 48.0 Å². The SMILES string of the molecule is CC1CC(C(=O)c2cccc3ccccc23)C(=O)O1. The molecule has 0 saturated carbocycles. The summed E-state index contributed by atoms with van der Waals surface area (Å²) in [5, 5.41) is 1.90. The van der Waals surface area contributed by atoms with Gasteiger partial charge >= 0.3 is 5.97 Å². The topological polar surface area (TPSA) is 43.4 Å². The summed E-state index contributed by atoms with van der Waals surface area (Å²) in [6.45, 7) is 1.81. The highest BCUT2D eigenvalue weighted by Crippen LogP contribution is 2.28. The lowest BCUT2D eigenvalue weighted by atomic mass is 9.91. The Morgan fingerprint density at radius 3 is 2.63 bits per heavy atom. The summed E-state index contributed by atoms with van der Waals surface area (Å²) < 4.78 is 5.07. The largest absolute Gasteiger partial charge is 0.462 e. The van der Waals surface area contributed by atoms with Gasteiger partial charge in [-0.2, -0.15) is 0 Å². The first-order valence-corrected chi connectivity index (χ1v) is 6.39. The number of carbonyl (C=O) groups excluding carboxylic acids is 2. The van der Waals surface area contributed by atoms with Crippen molar-refractivity contribution in [2.45, 2.75) is 19.4 Å². The smallest absolute Gasteiger partial charge is 0.317 e. The lowest BCUT2D eigenvalue weighted by Crippen LogP contribution is -2.19. The molecule has 0 amide bonds. The van der Waals surface area contributed by atoms with Gasteiger partial charge in [-0.05, 0) is 17.7 Å². The van der Waals surface area contributed by atoms with Gasteiger partial charge in [0.2, 0.25) is 0 Å². The molecule has 1 fully saturated rings. The average Bonchev–Trinajstić information content (AvgIpc) is 2.76. The van der Waals surface area contributed by atoms with Crippen molar-refractivity contribution >= 4 is 22.5 Å². The molecule has 1 saturated heterocycles. The molecule has 3 nitrogen and oxygen atoms in total. The lowest BCUT2D eigenvalue weighted by Gasteiger charge is -2.08. The summed E-state index contributed by atoms with van der Waals surface area (Å²) in [6.07, 6.45) is 0.303. The van der Waals surface area contributed by atoms with E-state index in [0.717, 1.165) is 10.8 Å². The first kappa shape index (κ1) is 11.9. The minimum absolute atomic E-state index is 0.133. The van der Waals surface area contributed by atoms with Crippen LogP contribution in [-0.2, 0) is 9.53 Å². The van der Waals surface area contributed by atoms with Crippen LogP contribution in [0.2, 0.25) is 0 Å². The molecule has 0 radical (unpaired) electrons. The molecule has 1 heterocycles. The summed E-state index contributed by atoms with van der Waals surface area (Å²) in [5.41, 5.74) is 0.606. The van der Waals surface area contributed by atoms with Gasteiger partial charge in [0.1, 0.15) is 12.0 Å². The van der Waals surface area contributed by atoms with Gasteiger partial charge < -0.3 is 4.74 Å². The Morgan fingerprint density at radius 2 is 1.89 bits per heavy atom. The Hall–Kier alpha value is -2.16. The molecule has 0 bridgehead atoms. The molecule has 1 aliphatic heterocycles. The van der Waals surface area contributed by atoms with Crippen LogP contribution in [-0.4, -0.2) is 17.9 Å². The first-order valence-electron chi connectivity index (χ1n) is 6.39. The number of carbonyl (C=O) groups is 2. The number of Topliss-reactive ketones (excluding diaryl/α,β-unsaturated/α-hetero) is 1. The number of hydrogen-bond acceptors (Lipinski definition) is 3. The van der Waals surface area contributed by atoms with Gasteiger partial charge in [-0.1, -0.05) is 42.5 Å². The van der Waals surface area contributed by atoms with Crippen molar-refractivity contribution < 1.29 is 14.3 Å². The highest BCUT2D eigenvalue weighted by atomic mass is 16.5. The van der Waals surface area contributed by atoms with E-state index < -0.39 is 11.9 Å². The van der Waals surface area contributed by atoms with Crippen molar-refractivity contribution in [2.24, 2.45) is 5.92 Å². The summed E-state index contributed by atoms with van der Waals surface area (Å²) in [5.74, 6) is -1.18. The van der Waals surface area contributed by atoms with Crippen LogP contribution >= 0.6 is 0 Å². The van der Waals surface area contributed by atoms with E-state index in [0.29, 0.717) is 12.0 Å². The van der Waals surface area contributed by atoms with Crippen molar-refractivity contribution in [1.29, 1.82) is 0 Å². The van der Waals surface area contributed by atoms with E-state index in [4.69, 9.17) is 4.74 Å². The van der Waals surface area contributed by atoms with Gasteiger partial charge in [-0.3, -0.25) is 9.59 Å². The van der Waals surface area contributed by atoms with Crippen LogP contribution in [0.1, 0.15) is 23.7 Å². The summed E-state index contributed by atoms with van der Waals surface area (Å²) in [6, 6.07) is 13.3. The van der Waals surface area contributed by atoms with E-state index >= 15 is 0 Å². The normalized spacial score (nSPS) is 22.5. The van der Waals surface area contributed by atoms with Crippen LogP contribution < -0.4 is 0 Å². The van der Waals surface area contributed by atoms with Crippen LogP contribution in [0.3, 0.4) is 0 Å². The second-order valence-electron chi connectivity index (χ2n) is 4.93. The van der Waals surface area contributed by atoms with E-state index in [2.05, 4.69) is 0 Å². The third kappa shape index (κ3) is 2.01. The fraction of sp³-hybridized carbons (Fsp3) is 0.250. The molecule has 2 atom stereocenters. The zero-order valence-corrected chi connectivity index (χ0v) is 10.6. The maximum absolute atomic E-state index is 12.5. The van der Waals surface area contributed by atoms with Gasteiger partial charge in [-0.15, -0.1) is 0 Å². The number of esters is 1. The number of hydrogen-bond donors (Lipinski definition) is 0. The third-order valence-electron chi connectivity index (χ3n) is 3.54. The molecule has 3 heteroatoms. The Morgan fingerprint density at radius 1 is 1.16 bits per heavy atom. The Kier molecular flexibility index (Phi) is 2.82. The van der Waals surface area contributed by atoms with E-state index in [9.17, 15) is 9.59 Å². The molecule has 1 aliphatic rings. The second-order valence-corrected chi connectivity index (χ2v) is 4.93. The van der Waals surface area contributed by atoms with Crippen LogP contribution in [0.4, 0.5) is 0 Å². The molecule has 2 aromatic carbocycles. The quantitative estimate of drug-likeness (QED) is 0.470. The monoisotopic (exact) mass is 254 g/mol. The standard InChI is InChI=1S/C16H14O3/c1-10-9-14(16(18)19-10)15(17)13-8-4-6-11-5-2-3-7-12(11)13/h2-8,10,14H,9H2,1H3. The van der Waals surface area contributed by atoms with E-state index in [1.807, 2.05) is 43.3 Å². The molecule has 0 spiro atoms. The molecular formula is C16H14O3. The number of rotatable bonds is 2. The number of fused-ring (bicyclic) bond motifs is 1. The van der Waals surface area contributed by atoms with Crippen molar-refractivity contribution in [1.82, 2.24) is 0 Å². The molecule has 0 N–H and O–H groups in total. The van der Waals surface area contributed by atoms with E-state index in [1.54, 1.807) is 6.07 Å². The van der Waals surface area contributed by atoms with Crippen LogP contribution in [0.25, 0.3) is 10.8 Å². The molecular weight excluding hydrogens is 240 g/mol. The van der Waals surface area contributed by atoms with Crippen molar-refractivity contribution in [3.63, 3.8) is 0 Å². The van der Waals surface area contributed by atoms with Crippen molar-refractivity contribution in [3.8, 4) is 0 Å². The predicted molar refractivity (Wildman–Crippen MR) is 71.9 cm³/mol. The maximum atomic E-state index is 12.5. The molecule has 2 unspecified atom stereocenters. The molecule has 0 aliphatic carbocycles. The van der Waals surface area contributed by atoms with Gasteiger partial charge in [-0.25, -0.2) is 0 Å². The number of cyclic esters (lactones) is 1. The molecule has 2 aromatic rings. The van der Waals surface area contributed by atoms with Crippen LogP contribution in [0.5, 0.6) is 0 Å². The average molecular weight is 254 g/mol. The highest BCUT2D eigenvalue weighted by Gasteiger charge is 2.38. The predicted octanol–water partition coefficient (Wildman–Crippen LogP) is 2.97. The van der Waals surface area contributed by atoms with Crippen LogP contribution in [0, 0.1) is 5.92 Å². The molecule has 3 rings (SSSR count). The fourth-order valence-corrected chi connectivity index (χ4v) is 2.60. The number of benzene rings is 2. The first-order chi connectivity index (χ1) is 9.16. The lowest BCUT2D eigenvalue weighted by molar-refractivity contribution is -0.142. The number of ether oxygens (including phenoxy) is 1. The zero-order valence-electron chi connectivity index (χ0n) is 10.6. The number of ketones is 1. The van der Waals surface area contributed by atoms with Crippen LogP contribution in [0.15, 0.2) is 42.5 Å². The minimum atomic E-state index is -0.652. The fourth-order valence-electron chi connectivity index (χ4n) is 2.60. The minimum Gasteiger partial charge on any atom is -0.462 e. The summed E-state index contributed by atoms with van der Waals surface area (Å²) in [7, 11) is 0.